The van der Waals surface area contributed by atoms with Crippen LogP contribution >= 0.6 is 11.8 Å². The Balaban J connectivity index is 2.38. The van der Waals surface area contributed by atoms with E-state index in [9.17, 15) is 18.0 Å². The van der Waals surface area contributed by atoms with Gasteiger partial charge in [-0.25, -0.2) is 9.97 Å². The Kier molecular flexibility index (Phi) is 4.55. The van der Waals surface area contributed by atoms with Crippen molar-refractivity contribution < 1.29 is 18.0 Å². The first-order valence-corrected chi connectivity index (χ1v) is 7.19. The fourth-order valence-corrected chi connectivity index (χ4v) is 2.27. The van der Waals surface area contributed by atoms with Crippen molar-refractivity contribution in [2.45, 2.75) is 11.1 Å². The fraction of sp³-hybridized carbons (Fsp3) is 0.154. The van der Waals surface area contributed by atoms with Gasteiger partial charge in [-0.05, 0) is 18.4 Å². The number of rotatable bonds is 3. The van der Waals surface area contributed by atoms with Crippen LogP contribution < -0.4 is 11.1 Å². The van der Waals surface area contributed by atoms with Gasteiger partial charge in [-0.2, -0.15) is 13.2 Å². The highest BCUT2D eigenvalue weighted by atomic mass is 32.2. The van der Waals surface area contributed by atoms with Gasteiger partial charge >= 0.3 is 6.18 Å². The molecule has 3 N–H and O–H groups in total. The van der Waals surface area contributed by atoms with Crippen molar-refractivity contribution in [3.05, 3.63) is 41.7 Å². The number of nitrogens with zero attached hydrogens (tertiary/aromatic N) is 2. The first-order valence-electron chi connectivity index (χ1n) is 5.97. The number of carbonyl (C=O) groups excluding carboxylic acids is 1. The Labute approximate surface area is 128 Å². The highest BCUT2D eigenvalue weighted by Gasteiger charge is 2.38. The van der Waals surface area contributed by atoms with E-state index in [1.807, 2.05) is 0 Å². The molecule has 0 fully saturated rings. The van der Waals surface area contributed by atoms with Crippen LogP contribution in [-0.2, 0) is 6.18 Å². The third-order valence-electron chi connectivity index (χ3n) is 2.68. The van der Waals surface area contributed by atoms with Gasteiger partial charge in [0.1, 0.15) is 0 Å². The Hall–Kier alpha value is -2.29. The van der Waals surface area contributed by atoms with Gasteiger partial charge in [0.15, 0.2) is 5.69 Å². The Morgan fingerprint density at radius 3 is 2.64 bits per heavy atom. The average molecular weight is 328 g/mol. The number of nitrogens with one attached hydrogen (secondary N) is 1. The molecular weight excluding hydrogens is 317 g/mol. The van der Waals surface area contributed by atoms with Gasteiger partial charge in [-0.15, -0.1) is 11.8 Å². The van der Waals surface area contributed by atoms with E-state index in [1.54, 1.807) is 30.5 Å². The third-order valence-corrected chi connectivity index (χ3v) is 3.47. The van der Waals surface area contributed by atoms with Crippen molar-refractivity contribution in [2.75, 3.05) is 17.3 Å². The summed E-state index contributed by atoms with van der Waals surface area (Å²) in [4.78, 5) is 19.4. The molecule has 1 amide bonds. The Morgan fingerprint density at radius 2 is 2.00 bits per heavy atom. The highest BCUT2D eigenvalue weighted by Crippen LogP contribution is 2.31. The lowest BCUT2D eigenvalue weighted by molar-refractivity contribution is -0.141. The normalized spacial score (nSPS) is 11.3. The molecule has 0 saturated heterocycles. The van der Waals surface area contributed by atoms with Crippen LogP contribution in [0.1, 0.15) is 16.1 Å². The summed E-state index contributed by atoms with van der Waals surface area (Å²) in [5.74, 6) is -1.50. The van der Waals surface area contributed by atoms with Gasteiger partial charge in [0.2, 0.25) is 5.95 Å². The largest absolute Gasteiger partial charge is 0.434 e. The second-order valence-electron chi connectivity index (χ2n) is 4.14. The van der Waals surface area contributed by atoms with Crippen LogP contribution in [0.4, 0.5) is 24.8 Å². The number of benzene rings is 1. The fourth-order valence-electron chi connectivity index (χ4n) is 1.72. The number of nitrogen functional groups attached to an aromatic ring is 1. The summed E-state index contributed by atoms with van der Waals surface area (Å²) in [6.45, 7) is 0. The molecule has 2 rings (SSSR count). The highest BCUT2D eigenvalue weighted by molar-refractivity contribution is 7.98. The quantitative estimate of drug-likeness (QED) is 0.847. The maximum Gasteiger partial charge on any atom is 0.434 e. The van der Waals surface area contributed by atoms with Crippen LogP contribution in [0.5, 0.6) is 0 Å². The van der Waals surface area contributed by atoms with Gasteiger partial charge in [-0.3, -0.25) is 4.79 Å². The molecular formula is C13H11F3N4OS. The molecule has 1 heterocycles. The van der Waals surface area contributed by atoms with Crippen molar-refractivity contribution in [1.82, 2.24) is 9.97 Å². The van der Waals surface area contributed by atoms with Crippen LogP contribution in [0.2, 0.25) is 0 Å². The molecule has 1 aromatic carbocycles. The number of carbonyl (C=O) groups is 1. The lowest BCUT2D eigenvalue weighted by Crippen LogP contribution is -2.21. The van der Waals surface area contributed by atoms with E-state index >= 15 is 0 Å². The van der Waals surface area contributed by atoms with Crippen LogP contribution in [0.3, 0.4) is 0 Å². The van der Waals surface area contributed by atoms with E-state index in [4.69, 9.17) is 5.73 Å². The summed E-state index contributed by atoms with van der Waals surface area (Å²) in [5, 5.41) is 2.43. The molecule has 0 radical (unpaired) electrons. The zero-order chi connectivity index (χ0) is 16.3. The zero-order valence-electron chi connectivity index (χ0n) is 11.3. The minimum Gasteiger partial charge on any atom is -0.368 e. The van der Waals surface area contributed by atoms with E-state index in [0.717, 1.165) is 11.1 Å². The molecule has 0 aliphatic rings. The van der Waals surface area contributed by atoms with Gasteiger partial charge in [0, 0.05) is 11.1 Å². The summed E-state index contributed by atoms with van der Waals surface area (Å²) in [6.07, 6.45) is -2.25. The number of nitrogens with two attached hydrogens (primary N) is 1. The number of hydrogen-bond donors (Lipinski definition) is 2. The summed E-state index contributed by atoms with van der Waals surface area (Å²) < 4.78 is 38.8. The van der Waals surface area contributed by atoms with Gasteiger partial charge < -0.3 is 11.1 Å². The molecule has 2 aromatic rings. The number of para-hydroxylation sites is 1. The zero-order valence-corrected chi connectivity index (χ0v) is 12.1. The number of aromatic nitrogens is 2. The predicted octanol–water partition coefficient (Wildman–Crippen LogP) is 3.05. The lowest BCUT2D eigenvalue weighted by atomic mass is 10.2. The molecule has 0 aliphatic heterocycles. The molecule has 9 heteroatoms. The molecule has 0 bridgehead atoms. The molecule has 1 aromatic heterocycles. The van der Waals surface area contributed by atoms with E-state index in [1.165, 1.54) is 11.8 Å². The number of thioether (sulfide) groups is 1. The second kappa shape index (κ2) is 6.22. The molecule has 0 atom stereocenters. The molecule has 0 spiro atoms. The number of alkyl halides is 3. The van der Waals surface area contributed by atoms with Gasteiger partial charge in [-0.1, -0.05) is 12.1 Å². The minimum absolute atomic E-state index is 0.407. The maximum absolute atomic E-state index is 12.9. The standard InChI is InChI=1S/C13H11F3N4OS/c1-22-9-5-3-2-4-8(9)19-11(21)7-6-18-12(17)20-10(7)13(14,15)16/h2-6H,1H3,(H,19,21)(H2,17,18,20). The van der Waals surface area contributed by atoms with Crippen molar-refractivity contribution in [3.63, 3.8) is 0 Å². The van der Waals surface area contributed by atoms with E-state index in [-0.39, 0.29) is 0 Å². The summed E-state index contributed by atoms with van der Waals surface area (Å²) in [7, 11) is 0. The topological polar surface area (TPSA) is 80.9 Å². The second-order valence-corrected chi connectivity index (χ2v) is 4.99. The average Bonchev–Trinajstić information content (AvgIpc) is 2.46. The molecule has 116 valence electrons. The Morgan fingerprint density at radius 1 is 1.32 bits per heavy atom. The lowest BCUT2D eigenvalue weighted by Gasteiger charge is -2.13. The summed E-state index contributed by atoms with van der Waals surface area (Å²) in [6, 6.07) is 6.76. The molecule has 5 nitrogen and oxygen atoms in total. The smallest absolute Gasteiger partial charge is 0.368 e. The van der Waals surface area contributed by atoms with Crippen LogP contribution in [0, 0.1) is 0 Å². The van der Waals surface area contributed by atoms with E-state index in [2.05, 4.69) is 15.3 Å². The first kappa shape index (κ1) is 16.1. The summed E-state index contributed by atoms with van der Waals surface area (Å²) >= 11 is 1.36. The molecule has 0 unspecified atom stereocenters. The predicted molar refractivity (Wildman–Crippen MR) is 77.6 cm³/mol. The monoisotopic (exact) mass is 328 g/mol. The van der Waals surface area contributed by atoms with Crippen LogP contribution in [0.25, 0.3) is 0 Å². The van der Waals surface area contributed by atoms with Gasteiger partial charge in [0.05, 0.1) is 11.3 Å². The van der Waals surface area contributed by atoms with Crippen molar-refractivity contribution >= 4 is 29.3 Å². The first-order chi connectivity index (χ1) is 10.3. The number of anilines is 2. The number of hydrogen-bond acceptors (Lipinski definition) is 5. The minimum atomic E-state index is -4.80. The summed E-state index contributed by atoms with van der Waals surface area (Å²) in [5.41, 5.74) is 3.53. The molecule has 0 saturated carbocycles. The van der Waals surface area contributed by atoms with Gasteiger partial charge in [0.25, 0.3) is 5.91 Å². The third kappa shape index (κ3) is 3.48. The Bertz CT molecular complexity index is 706. The number of amides is 1. The van der Waals surface area contributed by atoms with Crippen LogP contribution in [0.15, 0.2) is 35.4 Å². The van der Waals surface area contributed by atoms with E-state index in [0.29, 0.717) is 5.69 Å². The SMILES string of the molecule is CSc1ccccc1NC(=O)c1cnc(N)nc1C(F)(F)F. The molecule has 22 heavy (non-hydrogen) atoms. The van der Waals surface area contributed by atoms with Crippen molar-refractivity contribution in [1.29, 1.82) is 0 Å². The molecule has 0 aliphatic carbocycles. The number of halogens is 3. The van der Waals surface area contributed by atoms with Crippen molar-refractivity contribution in [3.8, 4) is 0 Å². The maximum atomic E-state index is 12.9. The van der Waals surface area contributed by atoms with Crippen LogP contribution in [-0.4, -0.2) is 22.1 Å². The van der Waals surface area contributed by atoms with E-state index < -0.39 is 29.3 Å². The van der Waals surface area contributed by atoms with Crippen molar-refractivity contribution in [2.24, 2.45) is 0 Å².